The van der Waals surface area contributed by atoms with Crippen LogP contribution in [0, 0.1) is 5.92 Å². The fourth-order valence-electron chi connectivity index (χ4n) is 2.23. The molecular formula is C13H11F3N4O3S2. The van der Waals surface area contributed by atoms with E-state index in [-0.39, 0.29) is 13.1 Å². The molecule has 0 saturated carbocycles. The largest absolute Gasteiger partial charge is 0.419 e. The summed E-state index contributed by atoms with van der Waals surface area (Å²) >= 11 is 1.20. The van der Waals surface area contributed by atoms with Crippen molar-refractivity contribution < 1.29 is 26.4 Å². The fraction of sp³-hybridized carbons (Fsp3) is 0.308. The summed E-state index contributed by atoms with van der Waals surface area (Å²) in [6.07, 6.45) is -2.37. The molecule has 1 aliphatic heterocycles. The Morgan fingerprint density at radius 3 is 2.60 bits per heavy atom. The van der Waals surface area contributed by atoms with Gasteiger partial charge in [-0.25, -0.2) is 18.4 Å². The van der Waals surface area contributed by atoms with Crippen molar-refractivity contribution in [3.05, 3.63) is 35.5 Å². The van der Waals surface area contributed by atoms with Crippen LogP contribution in [0.2, 0.25) is 0 Å². The minimum atomic E-state index is -4.84. The van der Waals surface area contributed by atoms with Crippen LogP contribution in [0.25, 0.3) is 0 Å². The summed E-state index contributed by atoms with van der Waals surface area (Å²) in [4.78, 5) is 19.2. The van der Waals surface area contributed by atoms with Crippen LogP contribution >= 0.6 is 11.3 Å². The number of rotatable bonds is 4. The van der Waals surface area contributed by atoms with Gasteiger partial charge in [0, 0.05) is 30.9 Å². The first kappa shape index (κ1) is 17.8. The lowest BCUT2D eigenvalue weighted by atomic mass is 10.0. The molecule has 12 heteroatoms. The second-order valence-corrected chi connectivity index (χ2v) is 7.95. The topological polar surface area (TPSA) is 92.3 Å². The molecule has 3 heterocycles. The number of amides is 1. The van der Waals surface area contributed by atoms with E-state index < -0.39 is 38.6 Å². The van der Waals surface area contributed by atoms with Crippen molar-refractivity contribution >= 4 is 32.4 Å². The minimum absolute atomic E-state index is 0.215. The molecule has 0 spiro atoms. The van der Waals surface area contributed by atoms with Gasteiger partial charge in [-0.2, -0.15) is 17.5 Å². The molecule has 0 radical (unpaired) electrons. The Bertz CT molecular complexity index is 878. The molecule has 1 aliphatic rings. The fourth-order valence-corrected chi connectivity index (χ4v) is 4.41. The Morgan fingerprint density at radius 2 is 2.00 bits per heavy atom. The summed E-state index contributed by atoms with van der Waals surface area (Å²) in [7, 11) is -4.44. The number of hydrogen-bond acceptors (Lipinski definition) is 6. The van der Waals surface area contributed by atoms with Gasteiger partial charge in [0.2, 0.25) is 5.91 Å². The summed E-state index contributed by atoms with van der Waals surface area (Å²) < 4.78 is 64.5. The molecule has 0 unspecified atom stereocenters. The third-order valence-corrected chi connectivity index (χ3v) is 6.02. The highest BCUT2D eigenvalue weighted by Crippen LogP contribution is 2.35. The second kappa shape index (κ2) is 6.35. The Kier molecular flexibility index (Phi) is 4.51. The van der Waals surface area contributed by atoms with Crippen molar-refractivity contribution in [2.45, 2.75) is 11.2 Å². The molecule has 3 rings (SSSR count). The maximum absolute atomic E-state index is 13.0. The Labute approximate surface area is 144 Å². The SMILES string of the molecule is O=C(Nc1nccs1)C1CN(S(=O)(=O)c2ncccc2C(F)(F)F)C1. The molecule has 0 bridgehead atoms. The average Bonchev–Trinajstić information content (AvgIpc) is 2.97. The maximum Gasteiger partial charge on any atom is 0.419 e. The molecule has 25 heavy (non-hydrogen) atoms. The number of nitrogens with one attached hydrogen (secondary N) is 1. The van der Waals surface area contributed by atoms with E-state index in [1.807, 2.05) is 0 Å². The van der Waals surface area contributed by atoms with E-state index in [1.54, 1.807) is 5.38 Å². The molecule has 2 aromatic heterocycles. The van der Waals surface area contributed by atoms with Crippen molar-refractivity contribution in [2.75, 3.05) is 18.4 Å². The van der Waals surface area contributed by atoms with E-state index in [2.05, 4.69) is 15.3 Å². The molecule has 1 saturated heterocycles. The average molecular weight is 392 g/mol. The van der Waals surface area contributed by atoms with Crippen molar-refractivity contribution in [1.82, 2.24) is 14.3 Å². The highest BCUT2D eigenvalue weighted by atomic mass is 32.2. The van der Waals surface area contributed by atoms with Gasteiger partial charge in [-0.05, 0) is 12.1 Å². The molecule has 1 N–H and O–H groups in total. The number of anilines is 1. The molecule has 1 fully saturated rings. The van der Waals surface area contributed by atoms with Gasteiger partial charge < -0.3 is 5.32 Å². The van der Waals surface area contributed by atoms with Crippen LogP contribution in [0.1, 0.15) is 5.56 Å². The zero-order chi connectivity index (χ0) is 18.2. The highest BCUT2D eigenvalue weighted by molar-refractivity contribution is 7.89. The maximum atomic E-state index is 13.0. The third-order valence-electron chi connectivity index (χ3n) is 3.54. The third kappa shape index (κ3) is 3.50. The number of alkyl halides is 3. The molecular weight excluding hydrogens is 381 g/mol. The van der Waals surface area contributed by atoms with E-state index in [1.165, 1.54) is 17.5 Å². The quantitative estimate of drug-likeness (QED) is 0.857. The van der Waals surface area contributed by atoms with E-state index in [9.17, 15) is 26.4 Å². The summed E-state index contributed by atoms with van der Waals surface area (Å²) in [5, 5.41) is 3.50. The van der Waals surface area contributed by atoms with Crippen LogP contribution < -0.4 is 5.32 Å². The number of carbonyl (C=O) groups is 1. The lowest BCUT2D eigenvalue weighted by Gasteiger charge is -2.36. The highest BCUT2D eigenvalue weighted by Gasteiger charge is 2.45. The predicted molar refractivity (Wildman–Crippen MR) is 82.2 cm³/mol. The first-order valence-corrected chi connectivity index (χ1v) is 9.24. The summed E-state index contributed by atoms with van der Waals surface area (Å²) in [6.45, 7) is -0.430. The molecule has 2 aromatic rings. The minimum Gasteiger partial charge on any atom is -0.302 e. The monoisotopic (exact) mass is 392 g/mol. The van der Waals surface area contributed by atoms with Crippen LogP contribution in [-0.2, 0) is 21.0 Å². The van der Waals surface area contributed by atoms with Crippen LogP contribution in [0.15, 0.2) is 34.9 Å². The standard InChI is InChI=1S/C13H11F3N4O3S2/c14-13(15,16)9-2-1-3-17-11(9)25(22,23)20-6-8(7-20)10(21)19-12-18-4-5-24-12/h1-5,8H,6-7H2,(H,18,19,21). The Hall–Kier alpha value is -2.05. The zero-order valence-corrected chi connectivity index (χ0v) is 14.0. The number of nitrogens with zero attached hydrogens (tertiary/aromatic N) is 3. The van der Waals surface area contributed by atoms with Gasteiger partial charge >= 0.3 is 6.18 Å². The van der Waals surface area contributed by atoms with E-state index in [4.69, 9.17) is 0 Å². The zero-order valence-electron chi connectivity index (χ0n) is 12.4. The van der Waals surface area contributed by atoms with Gasteiger partial charge in [0.25, 0.3) is 10.0 Å². The van der Waals surface area contributed by atoms with Crippen molar-refractivity contribution in [3.8, 4) is 0 Å². The molecule has 0 aromatic carbocycles. The molecule has 0 aliphatic carbocycles. The molecule has 1 amide bonds. The van der Waals surface area contributed by atoms with Gasteiger partial charge in [-0.1, -0.05) is 0 Å². The number of halogens is 3. The predicted octanol–water partition coefficient (Wildman–Crippen LogP) is 1.82. The number of aromatic nitrogens is 2. The van der Waals surface area contributed by atoms with Gasteiger partial charge in [-0.15, -0.1) is 11.3 Å². The van der Waals surface area contributed by atoms with E-state index in [0.717, 1.165) is 16.6 Å². The summed E-state index contributed by atoms with van der Waals surface area (Å²) in [5.41, 5.74) is -1.33. The van der Waals surface area contributed by atoms with Gasteiger partial charge in [0.1, 0.15) is 0 Å². The lowest BCUT2D eigenvalue weighted by molar-refractivity contribution is -0.140. The second-order valence-electron chi connectivity index (χ2n) is 5.20. The Morgan fingerprint density at radius 1 is 1.28 bits per heavy atom. The summed E-state index contributed by atoms with van der Waals surface area (Å²) in [6, 6.07) is 1.68. The summed E-state index contributed by atoms with van der Waals surface area (Å²) in [5.74, 6) is -1.09. The smallest absolute Gasteiger partial charge is 0.302 e. The number of hydrogen-bond donors (Lipinski definition) is 1. The first-order chi connectivity index (χ1) is 11.7. The van der Waals surface area contributed by atoms with Gasteiger partial charge in [-0.3, -0.25) is 4.79 Å². The number of pyridine rings is 1. The van der Waals surface area contributed by atoms with Crippen molar-refractivity contribution in [3.63, 3.8) is 0 Å². The van der Waals surface area contributed by atoms with Crippen LogP contribution in [-0.4, -0.2) is 41.7 Å². The van der Waals surface area contributed by atoms with Crippen molar-refractivity contribution in [1.29, 1.82) is 0 Å². The number of carbonyl (C=O) groups excluding carboxylic acids is 1. The van der Waals surface area contributed by atoms with Crippen LogP contribution in [0.3, 0.4) is 0 Å². The van der Waals surface area contributed by atoms with Crippen molar-refractivity contribution in [2.24, 2.45) is 5.92 Å². The van der Waals surface area contributed by atoms with E-state index in [0.29, 0.717) is 11.2 Å². The normalized spacial score (nSPS) is 16.4. The van der Waals surface area contributed by atoms with Crippen LogP contribution in [0.4, 0.5) is 18.3 Å². The number of thiazole rings is 1. The van der Waals surface area contributed by atoms with Crippen LogP contribution in [0.5, 0.6) is 0 Å². The lowest BCUT2D eigenvalue weighted by Crippen LogP contribution is -2.54. The van der Waals surface area contributed by atoms with Gasteiger partial charge in [0.05, 0.1) is 11.5 Å². The Balaban J connectivity index is 1.73. The molecule has 7 nitrogen and oxygen atoms in total. The number of sulfonamides is 1. The molecule has 0 atom stereocenters. The van der Waals surface area contributed by atoms with Gasteiger partial charge in [0.15, 0.2) is 10.2 Å². The molecule has 134 valence electrons. The first-order valence-electron chi connectivity index (χ1n) is 6.92. The van der Waals surface area contributed by atoms with E-state index >= 15 is 0 Å².